The summed E-state index contributed by atoms with van der Waals surface area (Å²) in [6.07, 6.45) is 1.58. The summed E-state index contributed by atoms with van der Waals surface area (Å²) in [7, 11) is 0. The summed E-state index contributed by atoms with van der Waals surface area (Å²) in [6, 6.07) is 0. The first-order chi connectivity index (χ1) is 4.78. The van der Waals surface area contributed by atoms with Crippen molar-refractivity contribution in [2.45, 2.75) is 38.9 Å². The van der Waals surface area contributed by atoms with E-state index in [2.05, 4.69) is 0 Å². The second-order valence-electron chi connectivity index (χ2n) is 3.93. The van der Waals surface area contributed by atoms with Crippen LogP contribution in [-0.2, 0) is 0 Å². The van der Waals surface area contributed by atoms with Crippen LogP contribution in [0.25, 0.3) is 0 Å². The van der Waals surface area contributed by atoms with E-state index in [1.807, 2.05) is 13.8 Å². The zero-order valence-corrected chi connectivity index (χ0v) is 7.37. The van der Waals surface area contributed by atoms with Gasteiger partial charge in [-0.15, -0.1) is 5.06 Å². The molecule has 0 fully saturated rings. The van der Waals surface area contributed by atoms with Gasteiger partial charge in [0, 0.05) is 13.8 Å². The normalized spacial score (nSPS) is 28.6. The molecule has 2 N–H and O–H groups in total. The van der Waals surface area contributed by atoms with Crippen molar-refractivity contribution in [1.29, 1.82) is 0 Å². The number of rotatable bonds is 0. The van der Waals surface area contributed by atoms with Gasteiger partial charge in [-0.25, -0.2) is 0 Å². The van der Waals surface area contributed by atoms with Gasteiger partial charge in [0.05, 0.1) is 0 Å². The topological polar surface area (TPSA) is 46.7 Å². The monoisotopic (exact) mass is 159 g/mol. The van der Waals surface area contributed by atoms with Crippen molar-refractivity contribution in [3.63, 3.8) is 0 Å². The van der Waals surface area contributed by atoms with Crippen molar-refractivity contribution >= 4 is 6.21 Å². The predicted octanol–water partition coefficient (Wildman–Crippen LogP) is 0.678. The molecule has 0 aromatic carbocycles. The molecular weight excluding hydrogens is 144 g/mol. The minimum Gasteiger partial charge on any atom is -0.307 e. The van der Waals surface area contributed by atoms with Gasteiger partial charge in [0.25, 0.3) is 5.66 Å². The van der Waals surface area contributed by atoms with Crippen molar-refractivity contribution in [2.75, 3.05) is 0 Å². The number of hydroxylamine groups is 3. The van der Waals surface area contributed by atoms with Crippen LogP contribution in [0.15, 0.2) is 0 Å². The average Bonchev–Trinajstić information content (AvgIpc) is 1.94. The van der Waals surface area contributed by atoms with Gasteiger partial charge in [0.15, 0.2) is 0 Å². The van der Waals surface area contributed by atoms with Crippen LogP contribution in [0.3, 0.4) is 0 Å². The summed E-state index contributed by atoms with van der Waals surface area (Å²) in [5, 5.41) is 20.0. The molecule has 1 rings (SSSR count). The number of nitrogens with zero attached hydrogens (tertiary/aromatic N) is 2. The molecule has 0 bridgehead atoms. The Morgan fingerprint density at radius 2 is 1.73 bits per heavy atom. The molecule has 0 saturated carbocycles. The molecule has 0 aromatic rings. The van der Waals surface area contributed by atoms with Gasteiger partial charge >= 0.3 is 0 Å². The molecule has 0 radical (unpaired) electrons. The number of hydrogen-bond donors (Lipinski definition) is 2. The van der Waals surface area contributed by atoms with Crippen LogP contribution in [0.5, 0.6) is 0 Å². The van der Waals surface area contributed by atoms with Crippen LogP contribution in [0, 0.1) is 0 Å². The summed E-state index contributed by atoms with van der Waals surface area (Å²) >= 11 is 0. The summed E-state index contributed by atoms with van der Waals surface area (Å²) in [6.45, 7) is 7.12. The molecule has 64 valence electrons. The second kappa shape index (κ2) is 1.95. The smallest absolute Gasteiger partial charge is 0.282 e. The van der Waals surface area contributed by atoms with E-state index in [9.17, 15) is 10.4 Å². The maximum atomic E-state index is 9.56. The highest BCUT2D eigenvalue weighted by molar-refractivity contribution is 5.65. The highest BCUT2D eigenvalue weighted by Crippen LogP contribution is 2.27. The van der Waals surface area contributed by atoms with Crippen molar-refractivity contribution in [3.8, 4) is 0 Å². The Balaban J connectivity index is 3.04. The Bertz CT molecular complexity index is 208. The predicted molar refractivity (Wildman–Crippen MR) is 39.9 cm³/mol. The highest BCUT2D eigenvalue weighted by atomic mass is 16.6. The minimum absolute atomic E-state index is 0.502. The van der Waals surface area contributed by atoms with E-state index < -0.39 is 11.2 Å². The van der Waals surface area contributed by atoms with Gasteiger partial charge in [0.2, 0.25) is 6.21 Å². The third-order valence-electron chi connectivity index (χ3n) is 2.06. The Hall–Kier alpha value is -0.610. The lowest BCUT2D eigenvalue weighted by atomic mass is 10.1. The molecule has 0 aromatic heterocycles. The van der Waals surface area contributed by atoms with Gasteiger partial charge in [-0.2, -0.15) is 0 Å². The van der Waals surface area contributed by atoms with Crippen LogP contribution in [-0.4, -0.2) is 37.6 Å². The van der Waals surface area contributed by atoms with Crippen molar-refractivity contribution in [2.24, 2.45) is 0 Å². The van der Waals surface area contributed by atoms with Crippen LogP contribution >= 0.6 is 0 Å². The van der Waals surface area contributed by atoms with Crippen molar-refractivity contribution < 1.29 is 15.2 Å². The lowest BCUT2D eigenvalue weighted by Crippen LogP contribution is -2.50. The molecule has 0 saturated heterocycles. The van der Waals surface area contributed by atoms with Crippen molar-refractivity contribution in [3.05, 3.63) is 0 Å². The van der Waals surface area contributed by atoms with E-state index >= 15 is 0 Å². The summed E-state index contributed by atoms with van der Waals surface area (Å²) in [5.41, 5.74) is -1.23. The maximum absolute atomic E-state index is 9.56. The molecule has 1 heterocycles. The van der Waals surface area contributed by atoms with Gasteiger partial charge in [-0.1, -0.05) is 0 Å². The van der Waals surface area contributed by atoms with E-state index in [0.717, 1.165) is 9.80 Å². The molecular formula is C7H15N2O2+. The molecule has 1 aliphatic rings. The molecule has 0 spiro atoms. The summed E-state index contributed by atoms with van der Waals surface area (Å²) < 4.78 is 1.02. The fourth-order valence-corrected chi connectivity index (χ4v) is 1.31. The van der Waals surface area contributed by atoms with E-state index in [1.54, 1.807) is 20.1 Å². The van der Waals surface area contributed by atoms with E-state index in [0.29, 0.717) is 0 Å². The molecule has 0 unspecified atom stereocenters. The lowest BCUT2D eigenvalue weighted by Gasteiger charge is -2.26. The molecule has 0 amide bonds. The summed E-state index contributed by atoms with van der Waals surface area (Å²) in [4.78, 5) is 0. The fraction of sp³-hybridized carbons (Fsp3) is 0.857. The quantitative estimate of drug-likeness (QED) is 0.403. The fourth-order valence-electron chi connectivity index (χ4n) is 1.31. The standard InChI is InChI=1S/C7H15N2O2/c1-6(2)5-8(10)7(3,4)9(6)11/h5,10-11H,1-4H3/q+1. The van der Waals surface area contributed by atoms with Crippen LogP contribution in [0.1, 0.15) is 27.7 Å². The van der Waals surface area contributed by atoms with Gasteiger partial charge < -0.3 is 5.21 Å². The zero-order valence-electron chi connectivity index (χ0n) is 7.37. The van der Waals surface area contributed by atoms with Crippen molar-refractivity contribution in [1.82, 2.24) is 5.06 Å². The zero-order chi connectivity index (χ0) is 8.86. The molecule has 4 heteroatoms. The first kappa shape index (κ1) is 8.49. The van der Waals surface area contributed by atoms with Gasteiger partial charge in [-0.05, 0) is 18.6 Å². The largest absolute Gasteiger partial charge is 0.307 e. The van der Waals surface area contributed by atoms with E-state index in [1.165, 1.54) is 0 Å². The SMILES string of the molecule is CC1(C)C=[N+](O)C(C)(C)N1O. The van der Waals surface area contributed by atoms with E-state index in [-0.39, 0.29) is 0 Å². The Kier molecular flexibility index (Phi) is 1.51. The minimum atomic E-state index is -0.733. The number of hydrogen-bond acceptors (Lipinski definition) is 3. The molecule has 11 heavy (non-hydrogen) atoms. The van der Waals surface area contributed by atoms with Crippen LogP contribution in [0.2, 0.25) is 0 Å². The van der Waals surface area contributed by atoms with E-state index in [4.69, 9.17) is 0 Å². The summed E-state index contributed by atoms with van der Waals surface area (Å²) in [5.74, 6) is 0. The molecule has 0 aliphatic carbocycles. The second-order valence-corrected chi connectivity index (χ2v) is 3.93. The third kappa shape index (κ3) is 1.02. The Morgan fingerprint density at radius 1 is 1.27 bits per heavy atom. The van der Waals surface area contributed by atoms with Gasteiger partial charge in [0.1, 0.15) is 5.54 Å². The molecule has 4 nitrogen and oxygen atoms in total. The first-order valence-corrected chi connectivity index (χ1v) is 3.62. The maximum Gasteiger partial charge on any atom is 0.282 e. The highest BCUT2D eigenvalue weighted by Gasteiger charge is 2.53. The van der Waals surface area contributed by atoms with Crippen LogP contribution in [0.4, 0.5) is 0 Å². The molecule has 1 aliphatic heterocycles. The average molecular weight is 159 g/mol. The Labute approximate surface area is 66.3 Å². The van der Waals surface area contributed by atoms with Gasteiger partial charge in [-0.3, -0.25) is 5.21 Å². The lowest BCUT2D eigenvalue weighted by molar-refractivity contribution is -0.833. The third-order valence-corrected chi connectivity index (χ3v) is 2.06. The Morgan fingerprint density at radius 3 is 1.82 bits per heavy atom. The first-order valence-electron chi connectivity index (χ1n) is 3.62. The van der Waals surface area contributed by atoms with Crippen LogP contribution < -0.4 is 0 Å². The molecule has 0 atom stereocenters.